The number of ketones is 1. The van der Waals surface area contributed by atoms with Crippen molar-refractivity contribution in [3.8, 4) is 29.4 Å². The molecule has 0 unspecified atom stereocenters. The van der Waals surface area contributed by atoms with E-state index in [1.807, 2.05) is 31.2 Å². The number of carbonyl (C=O) groups excluding carboxylic acids is 1. The number of halogens is 3. The smallest absolute Gasteiger partial charge is 0.416 e. The molecule has 0 N–H and O–H groups in total. The first-order chi connectivity index (χ1) is 18.8. The van der Waals surface area contributed by atoms with Crippen LogP contribution in [0.1, 0.15) is 46.3 Å². The molecular weight excluding hydrogens is 505 g/mol. The minimum Gasteiger partial charge on any atom is -0.476 e. The molecule has 1 fully saturated rings. The highest BCUT2D eigenvalue weighted by molar-refractivity contribution is 5.97. The predicted molar refractivity (Wildman–Crippen MR) is 145 cm³/mol. The number of anilines is 1. The van der Waals surface area contributed by atoms with E-state index in [4.69, 9.17) is 15.9 Å². The zero-order chi connectivity index (χ0) is 27.8. The highest BCUT2D eigenvalue weighted by atomic mass is 19.4. The lowest BCUT2D eigenvalue weighted by atomic mass is 9.95. The number of hydrogen-bond donors (Lipinski definition) is 0. The summed E-state index contributed by atoms with van der Waals surface area (Å²) in [6, 6.07) is 12.2. The second-order valence-electron chi connectivity index (χ2n) is 9.49. The minimum atomic E-state index is -4.50. The Morgan fingerprint density at radius 1 is 1.13 bits per heavy atom. The van der Waals surface area contributed by atoms with Crippen LogP contribution < -0.4 is 9.64 Å². The highest BCUT2D eigenvalue weighted by Crippen LogP contribution is 2.34. The second-order valence-corrected chi connectivity index (χ2v) is 9.49. The van der Waals surface area contributed by atoms with Crippen LogP contribution in [-0.4, -0.2) is 43.7 Å². The number of unbranched alkanes of at least 4 members (excludes halogenated alkanes) is 2. The van der Waals surface area contributed by atoms with Gasteiger partial charge in [0.05, 0.1) is 25.4 Å². The number of rotatable bonds is 10. The lowest BCUT2D eigenvalue weighted by Crippen LogP contribution is -2.36. The SMILES string of the molecule is C#CCCCCOc1ncc(-c2cc(CC(=O)c3cccc(C(F)(F)F)c3)ccc2C)cc1N1CCOCC1. The number of benzene rings is 2. The van der Waals surface area contributed by atoms with Crippen LogP contribution in [0.2, 0.25) is 0 Å². The maximum Gasteiger partial charge on any atom is 0.416 e. The van der Waals surface area contributed by atoms with Crippen molar-refractivity contribution in [2.75, 3.05) is 37.8 Å². The standard InChI is InChI=1S/C31H31F3N2O3/c1-3-4-5-6-14-39-30-28(36-12-15-38-16-13-36)20-25(21-35-30)27-17-23(11-10-22(27)2)18-29(37)24-8-7-9-26(19-24)31(32,33)34/h1,7-11,17,19-21H,4-6,12-16,18H2,2H3. The van der Waals surface area contributed by atoms with Crippen LogP contribution in [0.3, 0.4) is 0 Å². The molecule has 0 aliphatic carbocycles. The number of Topliss-reactive ketones (excluding diaryl/α,β-unsaturated/α-hetero) is 1. The Kier molecular flexibility index (Phi) is 9.26. The molecule has 39 heavy (non-hydrogen) atoms. The predicted octanol–water partition coefficient (Wildman–Crippen LogP) is 6.52. The number of terminal acetylenes is 1. The molecule has 0 spiro atoms. The molecule has 4 rings (SSSR count). The maximum atomic E-state index is 13.1. The molecule has 1 aliphatic rings. The Balaban J connectivity index is 1.58. The number of ether oxygens (including phenoxy) is 2. The normalized spacial score (nSPS) is 13.7. The fourth-order valence-corrected chi connectivity index (χ4v) is 4.47. The van der Waals surface area contributed by atoms with E-state index >= 15 is 0 Å². The number of alkyl halides is 3. The van der Waals surface area contributed by atoms with E-state index in [0.717, 1.165) is 47.4 Å². The van der Waals surface area contributed by atoms with Crippen molar-refractivity contribution >= 4 is 11.5 Å². The van der Waals surface area contributed by atoms with Gasteiger partial charge in [0.25, 0.3) is 0 Å². The molecule has 5 nitrogen and oxygen atoms in total. The molecule has 8 heteroatoms. The first-order valence-corrected chi connectivity index (χ1v) is 13.0. The van der Waals surface area contributed by atoms with E-state index < -0.39 is 11.7 Å². The Hall–Kier alpha value is -3.83. The Labute approximate surface area is 227 Å². The summed E-state index contributed by atoms with van der Waals surface area (Å²) in [4.78, 5) is 19.7. The molecule has 0 atom stereocenters. The summed E-state index contributed by atoms with van der Waals surface area (Å²) in [5.41, 5.74) is 3.53. The third-order valence-corrected chi connectivity index (χ3v) is 6.63. The van der Waals surface area contributed by atoms with Gasteiger partial charge in [-0.25, -0.2) is 4.98 Å². The lowest BCUT2D eigenvalue weighted by molar-refractivity contribution is -0.137. The van der Waals surface area contributed by atoms with Crippen molar-refractivity contribution in [3.05, 3.63) is 77.0 Å². The summed E-state index contributed by atoms with van der Waals surface area (Å²) < 4.78 is 50.9. The third kappa shape index (κ3) is 7.39. The van der Waals surface area contributed by atoms with Crippen LogP contribution >= 0.6 is 0 Å². The topological polar surface area (TPSA) is 51.7 Å². The van der Waals surface area contributed by atoms with Gasteiger partial charge in [-0.3, -0.25) is 4.79 Å². The van der Waals surface area contributed by atoms with Gasteiger partial charge >= 0.3 is 6.18 Å². The number of aryl methyl sites for hydroxylation is 1. The maximum absolute atomic E-state index is 13.1. The first kappa shape index (κ1) is 28.2. The van der Waals surface area contributed by atoms with E-state index in [0.29, 0.717) is 50.8 Å². The monoisotopic (exact) mass is 536 g/mol. The minimum absolute atomic E-state index is 0.0167. The molecule has 0 saturated carbocycles. The van der Waals surface area contributed by atoms with Crippen molar-refractivity contribution in [1.29, 1.82) is 0 Å². The highest BCUT2D eigenvalue weighted by Gasteiger charge is 2.31. The van der Waals surface area contributed by atoms with Crippen molar-refractivity contribution < 1.29 is 27.4 Å². The number of pyridine rings is 1. The van der Waals surface area contributed by atoms with Gasteiger partial charge in [-0.05, 0) is 54.7 Å². The quantitative estimate of drug-likeness (QED) is 0.168. The van der Waals surface area contributed by atoms with Crippen molar-refractivity contribution in [2.45, 2.75) is 38.8 Å². The summed E-state index contributed by atoms with van der Waals surface area (Å²) in [5.74, 6) is 2.81. The fraction of sp³-hybridized carbons (Fsp3) is 0.355. The van der Waals surface area contributed by atoms with Gasteiger partial charge in [0.2, 0.25) is 5.88 Å². The third-order valence-electron chi connectivity index (χ3n) is 6.63. The molecule has 204 valence electrons. The largest absolute Gasteiger partial charge is 0.476 e. The van der Waals surface area contributed by atoms with E-state index in [1.165, 1.54) is 12.1 Å². The van der Waals surface area contributed by atoms with Gasteiger partial charge in [0.15, 0.2) is 5.78 Å². The van der Waals surface area contributed by atoms with Crippen molar-refractivity contribution in [3.63, 3.8) is 0 Å². The fourth-order valence-electron chi connectivity index (χ4n) is 4.47. The van der Waals surface area contributed by atoms with E-state index in [-0.39, 0.29) is 17.8 Å². The lowest BCUT2D eigenvalue weighted by Gasteiger charge is -2.30. The molecule has 0 radical (unpaired) electrons. The molecule has 1 aromatic heterocycles. The average molecular weight is 537 g/mol. The number of nitrogens with zero attached hydrogens (tertiary/aromatic N) is 2. The molecule has 2 aromatic carbocycles. The Morgan fingerprint density at radius 3 is 2.67 bits per heavy atom. The summed E-state index contributed by atoms with van der Waals surface area (Å²) in [7, 11) is 0. The summed E-state index contributed by atoms with van der Waals surface area (Å²) in [5, 5.41) is 0. The summed E-state index contributed by atoms with van der Waals surface area (Å²) in [6.07, 6.45) is 4.98. The van der Waals surface area contributed by atoms with Gasteiger partial charge in [-0.1, -0.05) is 30.3 Å². The molecular formula is C31H31F3N2O3. The van der Waals surface area contributed by atoms with Crippen LogP contribution in [0.15, 0.2) is 54.7 Å². The Morgan fingerprint density at radius 2 is 1.92 bits per heavy atom. The van der Waals surface area contributed by atoms with Gasteiger partial charge in [-0.15, -0.1) is 12.3 Å². The summed E-state index contributed by atoms with van der Waals surface area (Å²) in [6.45, 7) is 5.12. The molecule has 0 bridgehead atoms. The molecule has 1 aliphatic heterocycles. The number of carbonyl (C=O) groups is 1. The molecule has 1 saturated heterocycles. The molecule has 0 amide bonds. The zero-order valence-corrected chi connectivity index (χ0v) is 21.9. The second kappa shape index (κ2) is 12.8. The van der Waals surface area contributed by atoms with Gasteiger partial charge in [0, 0.05) is 43.3 Å². The Bertz CT molecular complexity index is 1340. The number of aromatic nitrogens is 1. The number of hydrogen-bond acceptors (Lipinski definition) is 5. The number of morpholine rings is 1. The van der Waals surface area contributed by atoms with Crippen LogP contribution in [0.25, 0.3) is 11.1 Å². The molecule has 3 aromatic rings. The summed E-state index contributed by atoms with van der Waals surface area (Å²) >= 11 is 0. The zero-order valence-electron chi connectivity index (χ0n) is 21.9. The van der Waals surface area contributed by atoms with Crippen molar-refractivity contribution in [2.24, 2.45) is 0 Å². The van der Waals surface area contributed by atoms with Gasteiger partial charge in [-0.2, -0.15) is 13.2 Å². The van der Waals surface area contributed by atoms with Gasteiger partial charge < -0.3 is 14.4 Å². The average Bonchev–Trinajstić information content (AvgIpc) is 2.94. The van der Waals surface area contributed by atoms with Crippen LogP contribution in [0.4, 0.5) is 18.9 Å². The van der Waals surface area contributed by atoms with Crippen molar-refractivity contribution in [1.82, 2.24) is 4.98 Å². The van der Waals surface area contributed by atoms with Crippen LogP contribution in [0, 0.1) is 19.3 Å². The molecule has 2 heterocycles. The van der Waals surface area contributed by atoms with E-state index in [9.17, 15) is 18.0 Å². The van der Waals surface area contributed by atoms with E-state index in [2.05, 4.69) is 15.8 Å². The van der Waals surface area contributed by atoms with Crippen LogP contribution in [0.5, 0.6) is 5.88 Å². The van der Waals surface area contributed by atoms with E-state index in [1.54, 1.807) is 6.20 Å². The van der Waals surface area contributed by atoms with Crippen LogP contribution in [-0.2, 0) is 17.3 Å². The van der Waals surface area contributed by atoms with Gasteiger partial charge in [0.1, 0.15) is 5.69 Å². The first-order valence-electron chi connectivity index (χ1n) is 13.0.